The normalized spacial score (nSPS) is 9.46. The van der Waals surface area contributed by atoms with E-state index < -0.39 is 0 Å². The van der Waals surface area contributed by atoms with Crippen LogP contribution >= 0.6 is 0 Å². The molecule has 1 atom stereocenters. The maximum absolute atomic E-state index is 9.45. The second-order valence-corrected chi connectivity index (χ2v) is 9.11. The number of likely N-dealkylation sites (N-methyl/N-ethyl adjacent to an activating group) is 1. The van der Waals surface area contributed by atoms with E-state index in [1.54, 1.807) is 0 Å². The molecule has 0 aliphatic heterocycles. The summed E-state index contributed by atoms with van der Waals surface area (Å²) in [5.41, 5.74) is 8.14. The number of nitrogens with one attached hydrogen (secondary N) is 4. The van der Waals surface area contributed by atoms with E-state index in [0.717, 1.165) is 25.2 Å². The van der Waals surface area contributed by atoms with Gasteiger partial charge in [-0.25, -0.2) is 0 Å². The Hall–Kier alpha value is -2.57. The van der Waals surface area contributed by atoms with Crippen LogP contribution in [-0.4, -0.2) is 46.7 Å². The molecule has 0 aliphatic carbocycles. The molecule has 1 rings (SSSR count). The van der Waals surface area contributed by atoms with Crippen molar-refractivity contribution in [1.82, 2.24) is 16.0 Å². The Labute approximate surface area is 257 Å². The molecule has 0 heterocycles. The molecule has 0 fully saturated rings. The second kappa shape index (κ2) is 44.4. The lowest BCUT2D eigenvalue weighted by Crippen LogP contribution is -2.37. The molecule has 242 valence electrons. The van der Waals surface area contributed by atoms with Crippen LogP contribution in [0, 0.1) is 5.92 Å². The minimum Gasteiger partial charge on any atom is -0.388 e. The van der Waals surface area contributed by atoms with Crippen molar-refractivity contribution in [1.29, 1.82) is 0 Å². The number of allylic oxidation sites excluding steroid dienone is 1. The first kappa shape index (κ1) is 48.2. The zero-order valence-corrected chi connectivity index (χ0v) is 28.9. The van der Waals surface area contributed by atoms with E-state index in [-0.39, 0.29) is 0 Å². The largest absolute Gasteiger partial charge is 0.388 e. The molecular weight excluding hydrogens is 506 g/mol. The topological polar surface area (TPSA) is 91.2 Å². The Kier molecular flexibility index (Phi) is 52.2. The maximum atomic E-state index is 9.45. The third kappa shape index (κ3) is 39.6. The fourth-order valence-corrected chi connectivity index (χ4v) is 3.27. The third-order valence-electron chi connectivity index (χ3n) is 5.35. The van der Waals surface area contributed by atoms with Gasteiger partial charge < -0.3 is 27.0 Å². The number of nitrogens with two attached hydrogens (primary N) is 1. The molecule has 0 saturated carbocycles. The highest BCUT2D eigenvalue weighted by Crippen LogP contribution is 2.09. The summed E-state index contributed by atoms with van der Waals surface area (Å²) in [5.74, 6) is 0.555. The highest BCUT2D eigenvalue weighted by molar-refractivity contribution is 5.45. The van der Waals surface area contributed by atoms with Crippen molar-refractivity contribution in [2.45, 2.75) is 106 Å². The van der Waals surface area contributed by atoms with Gasteiger partial charge in [0.25, 0.3) is 0 Å². The minimum absolute atomic E-state index is 0.338. The highest BCUT2D eigenvalue weighted by atomic mass is 16.1. The second-order valence-electron chi connectivity index (χ2n) is 9.11. The molecule has 6 N–H and O–H groups in total. The first-order valence-electron chi connectivity index (χ1n) is 15.7. The van der Waals surface area contributed by atoms with Gasteiger partial charge in [0.2, 0.25) is 6.41 Å². The first-order valence-corrected chi connectivity index (χ1v) is 15.7. The Morgan fingerprint density at radius 1 is 0.902 bits per heavy atom. The van der Waals surface area contributed by atoms with Crippen molar-refractivity contribution in [3.05, 3.63) is 67.4 Å². The van der Waals surface area contributed by atoms with Crippen LogP contribution in [0.1, 0.15) is 99.0 Å². The van der Waals surface area contributed by atoms with E-state index in [1.807, 2.05) is 47.0 Å². The predicted molar refractivity (Wildman–Crippen MR) is 190 cm³/mol. The SMILES string of the molecule is C=CCCCCCC.C=CCNC(=C)C(NC)C(C)C.CC.CCCNC=O.CCCc1ccc(NC)cc1.CN. The number of carbonyl (C=O) groups is 1. The number of hydrogen-bond acceptors (Lipinski definition) is 5. The molecule has 1 unspecified atom stereocenters. The lowest BCUT2D eigenvalue weighted by Gasteiger charge is -2.23. The number of unbranched alkanes of at least 4 members (excludes halogenated alkanes) is 4. The molecule has 0 spiro atoms. The molecule has 6 heteroatoms. The van der Waals surface area contributed by atoms with E-state index in [4.69, 9.17) is 0 Å². The summed E-state index contributed by atoms with van der Waals surface area (Å²) in [5, 5.41) is 12.0. The Morgan fingerprint density at radius 3 is 1.83 bits per heavy atom. The number of amides is 1. The van der Waals surface area contributed by atoms with Crippen LogP contribution in [0.25, 0.3) is 0 Å². The lowest BCUT2D eigenvalue weighted by atomic mass is 10.0. The number of anilines is 1. The zero-order valence-electron chi connectivity index (χ0n) is 28.9. The van der Waals surface area contributed by atoms with Crippen LogP contribution < -0.4 is 27.0 Å². The summed E-state index contributed by atoms with van der Waals surface area (Å²) in [6.07, 6.45) is 14.6. The van der Waals surface area contributed by atoms with Crippen molar-refractivity contribution < 1.29 is 4.79 Å². The van der Waals surface area contributed by atoms with E-state index in [1.165, 1.54) is 63.2 Å². The molecule has 1 aromatic carbocycles. The van der Waals surface area contributed by atoms with Gasteiger partial charge in [-0.2, -0.15) is 0 Å². The summed E-state index contributed by atoms with van der Waals surface area (Å²) in [6, 6.07) is 8.92. The third-order valence-corrected chi connectivity index (χ3v) is 5.35. The minimum atomic E-state index is 0.338. The number of rotatable bonds is 17. The van der Waals surface area contributed by atoms with Gasteiger partial charge in [0.05, 0.1) is 0 Å². The fourth-order valence-electron chi connectivity index (χ4n) is 3.27. The van der Waals surface area contributed by atoms with Gasteiger partial charge in [0, 0.05) is 37.6 Å². The zero-order chi connectivity index (χ0) is 32.7. The lowest BCUT2D eigenvalue weighted by molar-refractivity contribution is -0.109. The molecule has 6 nitrogen and oxygen atoms in total. The summed E-state index contributed by atoms with van der Waals surface area (Å²) < 4.78 is 0. The van der Waals surface area contributed by atoms with E-state index in [2.05, 4.69) is 98.7 Å². The van der Waals surface area contributed by atoms with Crippen molar-refractivity contribution >= 4 is 12.1 Å². The van der Waals surface area contributed by atoms with Gasteiger partial charge >= 0.3 is 0 Å². The van der Waals surface area contributed by atoms with Gasteiger partial charge in [-0.1, -0.05) is 105 Å². The van der Waals surface area contributed by atoms with Crippen LogP contribution in [0.5, 0.6) is 0 Å². The van der Waals surface area contributed by atoms with Crippen molar-refractivity contribution in [3.8, 4) is 0 Å². The van der Waals surface area contributed by atoms with Gasteiger partial charge in [-0.15, -0.1) is 13.2 Å². The number of carbonyl (C=O) groups excluding carboxylic acids is 1. The molecule has 0 radical (unpaired) electrons. The van der Waals surface area contributed by atoms with Crippen molar-refractivity contribution in [2.75, 3.05) is 39.5 Å². The van der Waals surface area contributed by atoms with Gasteiger partial charge in [-0.05, 0) is 63.4 Å². The predicted octanol–water partition coefficient (Wildman–Crippen LogP) is 8.09. The van der Waals surface area contributed by atoms with Gasteiger partial charge in [0.15, 0.2) is 0 Å². The van der Waals surface area contributed by atoms with E-state index in [0.29, 0.717) is 18.4 Å². The standard InChI is InChI=1S/C10H20N2.C10H15N.C8H16.C4H9NO.C2H6.CH5N/c1-6-7-12-9(4)10(11-5)8(2)3;1-3-4-9-5-7-10(11-2)8-6-9;1-3-5-7-8-6-4-2;1-2-3-5-4-6;2*1-2/h6,8,10-12H,1,4,7H2,2-3,5H3;5-8,11H,3-4H2,1-2H3;3H,1,4-8H2,2H3;4H,2-3H2,1H3,(H,5,6);1-2H3;2H2,1H3. The monoisotopic (exact) mass is 578 g/mol. The molecule has 1 amide bonds. The number of aryl methyl sites for hydroxylation is 1. The molecule has 1 aromatic rings. The quantitative estimate of drug-likeness (QED) is 0.0733. The highest BCUT2D eigenvalue weighted by Gasteiger charge is 2.13. The van der Waals surface area contributed by atoms with Crippen molar-refractivity contribution in [2.24, 2.45) is 11.7 Å². The maximum Gasteiger partial charge on any atom is 0.207 e. The molecule has 41 heavy (non-hydrogen) atoms. The Morgan fingerprint density at radius 2 is 1.49 bits per heavy atom. The van der Waals surface area contributed by atoms with Gasteiger partial charge in [-0.3, -0.25) is 4.79 Å². The molecule has 0 bridgehead atoms. The average molecular weight is 578 g/mol. The molecular formula is C35H71N5O. The van der Waals surface area contributed by atoms with Crippen LogP contribution in [-0.2, 0) is 11.2 Å². The van der Waals surface area contributed by atoms with Crippen LogP contribution in [0.3, 0.4) is 0 Å². The van der Waals surface area contributed by atoms with Crippen LogP contribution in [0.2, 0.25) is 0 Å². The Bertz CT molecular complexity index is 644. The molecule has 0 aliphatic rings. The number of hydrogen-bond donors (Lipinski definition) is 5. The summed E-state index contributed by atoms with van der Waals surface area (Å²) in [4.78, 5) is 9.45. The summed E-state index contributed by atoms with van der Waals surface area (Å²) >= 11 is 0. The van der Waals surface area contributed by atoms with Gasteiger partial charge in [0.1, 0.15) is 0 Å². The van der Waals surface area contributed by atoms with Crippen molar-refractivity contribution in [3.63, 3.8) is 0 Å². The fraction of sp³-hybridized carbons (Fsp3) is 0.629. The number of benzene rings is 1. The van der Waals surface area contributed by atoms with E-state index in [9.17, 15) is 4.79 Å². The molecule has 0 aromatic heterocycles. The summed E-state index contributed by atoms with van der Waals surface area (Å²) in [6.45, 7) is 27.6. The van der Waals surface area contributed by atoms with E-state index >= 15 is 0 Å². The smallest absolute Gasteiger partial charge is 0.207 e. The van der Waals surface area contributed by atoms with Crippen LogP contribution in [0.4, 0.5) is 5.69 Å². The Balaban J connectivity index is -0.000000138. The average Bonchev–Trinajstić information content (AvgIpc) is 3.01. The molecule has 0 saturated heterocycles. The van der Waals surface area contributed by atoms with Crippen LogP contribution in [0.15, 0.2) is 61.9 Å². The first-order chi connectivity index (χ1) is 19.8. The summed E-state index contributed by atoms with van der Waals surface area (Å²) in [7, 11) is 5.39.